The van der Waals surface area contributed by atoms with Gasteiger partial charge in [-0.25, -0.2) is 9.67 Å². The van der Waals surface area contributed by atoms with Crippen LogP contribution in [0.1, 0.15) is 19.3 Å². The minimum absolute atomic E-state index is 0.0704. The molecule has 1 heterocycles. The van der Waals surface area contributed by atoms with Crippen LogP contribution in [0.25, 0.3) is 5.69 Å². The summed E-state index contributed by atoms with van der Waals surface area (Å²) in [6, 6.07) is 5.23. The van der Waals surface area contributed by atoms with Crippen LogP contribution >= 0.6 is 11.6 Å². The Balaban J connectivity index is 1.78. The van der Waals surface area contributed by atoms with Crippen LogP contribution in [-0.4, -0.2) is 26.7 Å². The van der Waals surface area contributed by atoms with Crippen molar-refractivity contribution < 1.29 is 4.79 Å². The van der Waals surface area contributed by atoms with Crippen LogP contribution in [-0.2, 0) is 4.79 Å². The average Bonchev–Trinajstić information content (AvgIpc) is 3.16. The second kappa shape index (κ2) is 5.83. The first-order chi connectivity index (χ1) is 10.1. The Morgan fingerprint density at radius 2 is 2.33 bits per heavy atom. The van der Waals surface area contributed by atoms with E-state index in [1.807, 2.05) is 0 Å². The zero-order valence-corrected chi connectivity index (χ0v) is 12.1. The van der Waals surface area contributed by atoms with Gasteiger partial charge in [0.15, 0.2) is 0 Å². The molecule has 0 radical (unpaired) electrons. The first-order valence-corrected chi connectivity index (χ1v) is 7.22. The van der Waals surface area contributed by atoms with Crippen molar-refractivity contribution in [3.8, 4) is 5.69 Å². The molecule has 0 aliphatic heterocycles. The van der Waals surface area contributed by atoms with E-state index in [1.165, 1.54) is 17.3 Å². The largest absolute Gasteiger partial charge is 0.327 e. The lowest BCUT2D eigenvalue weighted by Gasteiger charge is -2.14. The van der Waals surface area contributed by atoms with E-state index < -0.39 is 0 Å². The van der Waals surface area contributed by atoms with Gasteiger partial charge in [0, 0.05) is 12.5 Å². The first kappa shape index (κ1) is 14.0. The van der Waals surface area contributed by atoms with Crippen molar-refractivity contribution in [3.05, 3.63) is 35.9 Å². The molecule has 1 fully saturated rings. The second-order valence-electron chi connectivity index (χ2n) is 5.23. The van der Waals surface area contributed by atoms with Crippen LogP contribution in [0.2, 0.25) is 5.02 Å². The highest BCUT2D eigenvalue weighted by molar-refractivity contribution is 6.33. The third-order valence-electron chi connectivity index (χ3n) is 3.56. The average molecular weight is 306 g/mol. The van der Waals surface area contributed by atoms with Crippen molar-refractivity contribution in [2.24, 2.45) is 11.7 Å². The number of nitrogens with one attached hydrogen (secondary N) is 1. The number of hydrogen-bond donors (Lipinski definition) is 2. The van der Waals surface area contributed by atoms with Crippen LogP contribution in [0, 0.1) is 5.92 Å². The molecule has 21 heavy (non-hydrogen) atoms. The van der Waals surface area contributed by atoms with Crippen molar-refractivity contribution >= 4 is 23.2 Å². The van der Waals surface area contributed by atoms with Crippen molar-refractivity contribution in [1.82, 2.24) is 14.8 Å². The predicted molar refractivity (Wildman–Crippen MR) is 80.3 cm³/mol. The van der Waals surface area contributed by atoms with Gasteiger partial charge in [-0.05, 0) is 30.9 Å². The van der Waals surface area contributed by atoms with E-state index in [9.17, 15) is 4.79 Å². The molecule has 1 unspecified atom stereocenters. The standard InChI is InChI=1S/C14H16ClN5O/c15-10-2-1-3-12(14(10)20-8-17-7-18-20)19-13(21)6-11(16)9-4-5-9/h1-3,7-9,11H,4-6,16H2,(H,19,21). The maximum absolute atomic E-state index is 12.1. The van der Waals surface area contributed by atoms with Gasteiger partial charge in [-0.1, -0.05) is 17.7 Å². The SMILES string of the molecule is NC(CC(=O)Nc1cccc(Cl)c1-n1cncn1)C1CC1. The van der Waals surface area contributed by atoms with Gasteiger partial charge in [-0.15, -0.1) is 0 Å². The quantitative estimate of drug-likeness (QED) is 0.884. The van der Waals surface area contributed by atoms with E-state index in [4.69, 9.17) is 17.3 Å². The van der Waals surface area contributed by atoms with Crippen molar-refractivity contribution in [3.63, 3.8) is 0 Å². The fourth-order valence-electron chi connectivity index (χ4n) is 2.28. The summed E-state index contributed by atoms with van der Waals surface area (Å²) in [4.78, 5) is 16.0. The van der Waals surface area contributed by atoms with Crippen LogP contribution < -0.4 is 11.1 Å². The summed E-state index contributed by atoms with van der Waals surface area (Å²) in [6.07, 6.45) is 5.50. The number of nitrogens with zero attached hydrogens (tertiary/aromatic N) is 3. The van der Waals surface area contributed by atoms with Gasteiger partial charge in [-0.2, -0.15) is 5.10 Å². The van der Waals surface area contributed by atoms with E-state index in [0.717, 1.165) is 12.8 Å². The van der Waals surface area contributed by atoms with Crippen molar-refractivity contribution in [2.45, 2.75) is 25.3 Å². The number of rotatable bonds is 5. The highest BCUT2D eigenvalue weighted by Gasteiger charge is 2.30. The number of carbonyl (C=O) groups is 1. The highest BCUT2D eigenvalue weighted by Crippen LogP contribution is 2.33. The molecule has 7 heteroatoms. The molecule has 0 bridgehead atoms. The third kappa shape index (κ3) is 3.22. The van der Waals surface area contributed by atoms with Gasteiger partial charge in [-0.3, -0.25) is 4.79 Å². The maximum atomic E-state index is 12.1. The molecule has 1 aromatic heterocycles. The lowest BCUT2D eigenvalue weighted by Crippen LogP contribution is -2.29. The van der Waals surface area contributed by atoms with Gasteiger partial charge >= 0.3 is 0 Å². The summed E-state index contributed by atoms with van der Waals surface area (Å²) in [5.74, 6) is 0.378. The molecule has 1 atom stereocenters. The highest BCUT2D eigenvalue weighted by atomic mass is 35.5. The third-order valence-corrected chi connectivity index (χ3v) is 3.86. The van der Waals surface area contributed by atoms with E-state index in [0.29, 0.717) is 28.7 Å². The van der Waals surface area contributed by atoms with Crippen LogP contribution in [0.4, 0.5) is 5.69 Å². The summed E-state index contributed by atoms with van der Waals surface area (Å²) in [5.41, 5.74) is 7.18. The predicted octanol–water partition coefficient (Wildman–Crippen LogP) is 1.99. The van der Waals surface area contributed by atoms with Gasteiger partial charge in [0.05, 0.1) is 10.7 Å². The van der Waals surface area contributed by atoms with Crippen molar-refractivity contribution in [1.29, 1.82) is 0 Å². The molecule has 1 aliphatic carbocycles. The number of anilines is 1. The Labute approximate surface area is 127 Å². The molecule has 3 N–H and O–H groups in total. The zero-order chi connectivity index (χ0) is 14.8. The van der Waals surface area contributed by atoms with Gasteiger partial charge in [0.2, 0.25) is 5.91 Å². The van der Waals surface area contributed by atoms with Crippen LogP contribution in [0.15, 0.2) is 30.9 Å². The molecule has 0 saturated heterocycles. The monoisotopic (exact) mass is 305 g/mol. The molecule has 2 aromatic rings. The maximum Gasteiger partial charge on any atom is 0.226 e. The Hall–Kier alpha value is -1.92. The molecule has 1 aliphatic rings. The number of aromatic nitrogens is 3. The minimum atomic E-state index is -0.113. The number of para-hydroxylation sites is 1. The molecular weight excluding hydrogens is 290 g/mol. The molecule has 1 aromatic carbocycles. The first-order valence-electron chi connectivity index (χ1n) is 6.84. The number of nitrogens with two attached hydrogens (primary N) is 1. The molecule has 0 spiro atoms. The second-order valence-corrected chi connectivity index (χ2v) is 5.64. The molecular formula is C14H16ClN5O. The van der Waals surface area contributed by atoms with E-state index in [-0.39, 0.29) is 11.9 Å². The van der Waals surface area contributed by atoms with E-state index >= 15 is 0 Å². The Morgan fingerprint density at radius 3 is 3.00 bits per heavy atom. The fourth-order valence-corrected chi connectivity index (χ4v) is 2.54. The summed E-state index contributed by atoms with van der Waals surface area (Å²) >= 11 is 6.21. The zero-order valence-electron chi connectivity index (χ0n) is 11.4. The Bertz CT molecular complexity index is 639. The topological polar surface area (TPSA) is 85.8 Å². The summed E-state index contributed by atoms with van der Waals surface area (Å²) in [7, 11) is 0. The van der Waals surface area contributed by atoms with Gasteiger partial charge < -0.3 is 11.1 Å². The van der Waals surface area contributed by atoms with Crippen LogP contribution in [0.5, 0.6) is 0 Å². The number of amides is 1. The van der Waals surface area contributed by atoms with Gasteiger partial charge in [0.1, 0.15) is 18.3 Å². The number of carbonyl (C=O) groups excluding carboxylic acids is 1. The van der Waals surface area contributed by atoms with Crippen molar-refractivity contribution in [2.75, 3.05) is 5.32 Å². The summed E-state index contributed by atoms with van der Waals surface area (Å²) in [6.45, 7) is 0. The van der Waals surface area contributed by atoms with Crippen LogP contribution in [0.3, 0.4) is 0 Å². The molecule has 1 saturated carbocycles. The number of hydrogen-bond acceptors (Lipinski definition) is 4. The molecule has 3 rings (SSSR count). The van der Waals surface area contributed by atoms with E-state index in [1.54, 1.807) is 18.2 Å². The Morgan fingerprint density at radius 1 is 1.52 bits per heavy atom. The normalized spacial score (nSPS) is 15.7. The number of benzene rings is 1. The molecule has 6 nitrogen and oxygen atoms in total. The number of halogens is 1. The Kier molecular flexibility index (Phi) is 3.90. The fraction of sp³-hybridized carbons (Fsp3) is 0.357. The van der Waals surface area contributed by atoms with E-state index in [2.05, 4.69) is 15.4 Å². The summed E-state index contributed by atoms with van der Waals surface area (Å²) in [5, 5.41) is 7.41. The summed E-state index contributed by atoms with van der Waals surface area (Å²) < 4.78 is 1.53. The van der Waals surface area contributed by atoms with Gasteiger partial charge in [0.25, 0.3) is 0 Å². The smallest absolute Gasteiger partial charge is 0.226 e. The minimum Gasteiger partial charge on any atom is -0.327 e. The lowest BCUT2D eigenvalue weighted by molar-refractivity contribution is -0.116. The lowest BCUT2D eigenvalue weighted by atomic mass is 10.1. The molecule has 1 amide bonds. The molecule has 110 valence electrons.